The van der Waals surface area contributed by atoms with Crippen molar-refractivity contribution in [3.05, 3.63) is 42.5 Å². The standard InChI is InChI=1S/C24H33N5O2/c1-2-29(21-6-4-3-5-7-21)24(31)11-10-23(30)27-14-12-19(13-15-27)16-22-26-25-18-28(22)17-20-8-9-20/h3-7,18-20H,2,8-17H2,1H3. The summed E-state index contributed by atoms with van der Waals surface area (Å²) in [6, 6.07) is 9.65. The zero-order valence-corrected chi connectivity index (χ0v) is 18.4. The third-order valence-corrected chi connectivity index (χ3v) is 6.52. The van der Waals surface area contributed by atoms with Gasteiger partial charge in [0.1, 0.15) is 12.2 Å². The third-order valence-electron chi connectivity index (χ3n) is 6.52. The van der Waals surface area contributed by atoms with Gasteiger partial charge in [0.15, 0.2) is 0 Å². The van der Waals surface area contributed by atoms with Crippen molar-refractivity contribution in [1.82, 2.24) is 19.7 Å². The third kappa shape index (κ3) is 5.71. The van der Waals surface area contributed by atoms with Gasteiger partial charge < -0.3 is 14.4 Å². The molecule has 2 heterocycles. The molecule has 4 rings (SSSR count). The smallest absolute Gasteiger partial charge is 0.227 e. The van der Waals surface area contributed by atoms with E-state index in [0.717, 1.165) is 56.3 Å². The van der Waals surface area contributed by atoms with E-state index in [4.69, 9.17) is 0 Å². The second-order valence-electron chi connectivity index (χ2n) is 8.84. The molecule has 1 saturated heterocycles. The monoisotopic (exact) mass is 423 g/mol. The molecule has 0 N–H and O–H groups in total. The highest BCUT2D eigenvalue weighted by Gasteiger charge is 2.27. The largest absolute Gasteiger partial charge is 0.343 e. The predicted octanol–water partition coefficient (Wildman–Crippen LogP) is 3.30. The number of benzene rings is 1. The van der Waals surface area contributed by atoms with Crippen LogP contribution in [0, 0.1) is 11.8 Å². The number of hydrogen-bond acceptors (Lipinski definition) is 4. The van der Waals surface area contributed by atoms with Gasteiger partial charge in [-0.25, -0.2) is 0 Å². The van der Waals surface area contributed by atoms with Crippen LogP contribution in [0.15, 0.2) is 36.7 Å². The van der Waals surface area contributed by atoms with Gasteiger partial charge in [0.2, 0.25) is 11.8 Å². The van der Waals surface area contributed by atoms with Crippen LogP contribution in [0.25, 0.3) is 0 Å². The molecule has 7 nitrogen and oxygen atoms in total. The van der Waals surface area contributed by atoms with Crippen molar-refractivity contribution in [2.75, 3.05) is 24.5 Å². The number of hydrogen-bond donors (Lipinski definition) is 0. The number of nitrogens with zero attached hydrogens (tertiary/aromatic N) is 5. The van der Waals surface area contributed by atoms with E-state index < -0.39 is 0 Å². The van der Waals surface area contributed by atoms with Crippen molar-refractivity contribution in [1.29, 1.82) is 0 Å². The number of carbonyl (C=O) groups is 2. The highest BCUT2D eigenvalue weighted by Crippen LogP contribution is 2.31. The van der Waals surface area contributed by atoms with Crippen molar-refractivity contribution in [3.63, 3.8) is 0 Å². The molecule has 0 unspecified atom stereocenters. The van der Waals surface area contributed by atoms with Crippen LogP contribution >= 0.6 is 0 Å². The van der Waals surface area contributed by atoms with Gasteiger partial charge in [0.05, 0.1) is 0 Å². The average Bonchev–Trinajstić information content (AvgIpc) is 3.52. The molecule has 166 valence electrons. The molecule has 1 aromatic heterocycles. The first kappa shape index (κ1) is 21.5. The molecule has 7 heteroatoms. The van der Waals surface area contributed by atoms with Crippen LogP contribution < -0.4 is 4.90 Å². The molecule has 2 aromatic rings. The predicted molar refractivity (Wildman–Crippen MR) is 119 cm³/mol. The Bertz CT molecular complexity index is 869. The van der Waals surface area contributed by atoms with E-state index in [1.807, 2.05) is 48.5 Å². The minimum Gasteiger partial charge on any atom is -0.343 e. The number of aromatic nitrogens is 3. The molecule has 1 aliphatic heterocycles. The lowest BCUT2D eigenvalue weighted by Gasteiger charge is -2.32. The Morgan fingerprint density at radius 1 is 1.03 bits per heavy atom. The summed E-state index contributed by atoms with van der Waals surface area (Å²) < 4.78 is 2.22. The quantitative estimate of drug-likeness (QED) is 0.620. The molecule has 1 aromatic carbocycles. The summed E-state index contributed by atoms with van der Waals surface area (Å²) in [5, 5.41) is 8.44. The van der Waals surface area contributed by atoms with Crippen LogP contribution in [0.5, 0.6) is 0 Å². The summed E-state index contributed by atoms with van der Waals surface area (Å²) in [7, 11) is 0. The molecule has 0 spiro atoms. The fourth-order valence-electron chi connectivity index (χ4n) is 4.43. The average molecular weight is 424 g/mol. The van der Waals surface area contributed by atoms with Gasteiger partial charge in [0.25, 0.3) is 0 Å². The summed E-state index contributed by atoms with van der Waals surface area (Å²) in [5.74, 6) is 2.53. The SMILES string of the molecule is CCN(C(=O)CCC(=O)N1CCC(Cc2nncn2CC2CC2)CC1)c1ccccc1. The van der Waals surface area contributed by atoms with Crippen LogP contribution in [0.2, 0.25) is 0 Å². The minimum absolute atomic E-state index is 0.00642. The number of amides is 2. The van der Waals surface area contributed by atoms with Gasteiger partial charge >= 0.3 is 0 Å². The van der Waals surface area contributed by atoms with Crippen LogP contribution in [0.4, 0.5) is 5.69 Å². The first-order valence-corrected chi connectivity index (χ1v) is 11.6. The highest BCUT2D eigenvalue weighted by molar-refractivity contribution is 5.95. The fourth-order valence-corrected chi connectivity index (χ4v) is 4.43. The number of anilines is 1. The first-order valence-electron chi connectivity index (χ1n) is 11.6. The molecular formula is C24H33N5O2. The Morgan fingerprint density at radius 3 is 2.45 bits per heavy atom. The second-order valence-corrected chi connectivity index (χ2v) is 8.84. The summed E-state index contributed by atoms with van der Waals surface area (Å²) in [5.41, 5.74) is 0.887. The van der Waals surface area contributed by atoms with Gasteiger partial charge in [0, 0.05) is 51.1 Å². The Balaban J connectivity index is 1.21. The summed E-state index contributed by atoms with van der Waals surface area (Å²) in [4.78, 5) is 29.0. The molecule has 0 atom stereocenters. The lowest BCUT2D eigenvalue weighted by Crippen LogP contribution is -2.40. The Labute approximate surface area is 184 Å². The molecular weight excluding hydrogens is 390 g/mol. The number of carbonyl (C=O) groups excluding carboxylic acids is 2. The molecule has 1 saturated carbocycles. The van der Waals surface area contributed by atoms with Crippen molar-refractivity contribution in [2.24, 2.45) is 11.8 Å². The minimum atomic E-state index is 0.00642. The number of para-hydroxylation sites is 1. The van der Waals surface area contributed by atoms with Crippen molar-refractivity contribution in [2.45, 2.75) is 58.4 Å². The van der Waals surface area contributed by atoms with Crippen molar-refractivity contribution < 1.29 is 9.59 Å². The van der Waals surface area contributed by atoms with Crippen molar-refractivity contribution >= 4 is 17.5 Å². The van der Waals surface area contributed by atoms with Crippen molar-refractivity contribution in [3.8, 4) is 0 Å². The van der Waals surface area contributed by atoms with E-state index >= 15 is 0 Å². The lowest BCUT2D eigenvalue weighted by atomic mass is 9.93. The molecule has 31 heavy (non-hydrogen) atoms. The fraction of sp³-hybridized carbons (Fsp3) is 0.583. The topological polar surface area (TPSA) is 71.3 Å². The Hall–Kier alpha value is -2.70. The van der Waals surface area contributed by atoms with Crippen LogP contribution in [-0.4, -0.2) is 51.1 Å². The number of rotatable bonds is 9. The van der Waals surface area contributed by atoms with E-state index in [-0.39, 0.29) is 24.7 Å². The number of piperidine rings is 1. The van der Waals surface area contributed by atoms with Gasteiger partial charge in [-0.15, -0.1) is 10.2 Å². The Morgan fingerprint density at radius 2 is 1.77 bits per heavy atom. The Kier molecular flexibility index (Phi) is 6.99. The van der Waals surface area contributed by atoms with E-state index in [0.29, 0.717) is 12.5 Å². The molecule has 2 amide bonds. The molecule has 2 fully saturated rings. The van der Waals surface area contributed by atoms with Crippen LogP contribution in [-0.2, 0) is 22.6 Å². The summed E-state index contributed by atoms with van der Waals surface area (Å²) >= 11 is 0. The zero-order valence-electron chi connectivity index (χ0n) is 18.4. The highest BCUT2D eigenvalue weighted by atomic mass is 16.2. The number of likely N-dealkylation sites (tertiary alicyclic amines) is 1. The first-order chi connectivity index (χ1) is 15.1. The molecule has 0 radical (unpaired) electrons. The van der Waals surface area contributed by atoms with Crippen LogP contribution in [0.1, 0.15) is 51.3 Å². The zero-order chi connectivity index (χ0) is 21.6. The van der Waals surface area contributed by atoms with Gasteiger partial charge in [-0.05, 0) is 56.6 Å². The van der Waals surface area contributed by atoms with E-state index in [1.54, 1.807) is 4.90 Å². The van der Waals surface area contributed by atoms with E-state index in [2.05, 4.69) is 14.8 Å². The van der Waals surface area contributed by atoms with Gasteiger partial charge in [-0.2, -0.15) is 0 Å². The van der Waals surface area contributed by atoms with Gasteiger partial charge in [-0.1, -0.05) is 18.2 Å². The second kappa shape index (κ2) is 10.1. The summed E-state index contributed by atoms with van der Waals surface area (Å²) in [6.45, 7) is 5.15. The summed E-state index contributed by atoms with van der Waals surface area (Å²) in [6.07, 6.45) is 7.95. The molecule has 2 aliphatic rings. The van der Waals surface area contributed by atoms with Gasteiger partial charge in [-0.3, -0.25) is 9.59 Å². The molecule has 0 bridgehead atoms. The molecule has 1 aliphatic carbocycles. The lowest BCUT2D eigenvalue weighted by molar-refractivity contribution is -0.134. The normalized spacial score (nSPS) is 17.0. The maximum Gasteiger partial charge on any atom is 0.227 e. The maximum atomic E-state index is 12.7. The van der Waals surface area contributed by atoms with E-state index in [9.17, 15) is 9.59 Å². The van der Waals surface area contributed by atoms with E-state index in [1.165, 1.54) is 12.8 Å². The van der Waals surface area contributed by atoms with Crippen LogP contribution in [0.3, 0.4) is 0 Å². The maximum absolute atomic E-state index is 12.7.